The van der Waals surface area contributed by atoms with Gasteiger partial charge in [-0.05, 0) is 0 Å². The van der Waals surface area contributed by atoms with Gasteiger partial charge in [-0.15, -0.1) is 0 Å². The lowest BCUT2D eigenvalue weighted by Crippen LogP contribution is -2.02. The van der Waals surface area contributed by atoms with E-state index in [-0.39, 0.29) is 6.54 Å². The number of ether oxygens (including phenoxy) is 1. The summed E-state index contributed by atoms with van der Waals surface area (Å²) in [5.41, 5.74) is 0.946. The van der Waals surface area contributed by atoms with Crippen LogP contribution in [-0.2, 0) is 0 Å². The van der Waals surface area contributed by atoms with Gasteiger partial charge >= 0.3 is 0 Å². The Labute approximate surface area is 81.6 Å². The van der Waals surface area contributed by atoms with Crippen LogP contribution in [0.15, 0.2) is 12.3 Å². The third-order valence-corrected chi connectivity index (χ3v) is 1.57. The van der Waals surface area contributed by atoms with Crippen molar-refractivity contribution in [3.8, 4) is 18.0 Å². The first-order valence-corrected chi connectivity index (χ1v) is 3.86. The average Bonchev–Trinajstić information content (AvgIpc) is 2.25. The highest BCUT2D eigenvalue weighted by molar-refractivity contribution is 5.58. The minimum absolute atomic E-state index is 0.141. The molecule has 5 heteroatoms. The van der Waals surface area contributed by atoms with Crippen molar-refractivity contribution >= 4 is 5.69 Å². The summed E-state index contributed by atoms with van der Waals surface area (Å²) in [4.78, 5) is 3.87. The van der Waals surface area contributed by atoms with Gasteiger partial charge in [0.25, 0.3) is 0 Å². The summed E-state index contributed by atoms with van der Waals surface area (Å²) >= 11 is 0. The zero-order valence-electron chi connectivity index (χ0n) is 7.61. The standard InChI is InChI=1S/C9H8N4O/c1-14-9-4-8(12-3-2-10)7(5-11)6-13-9/h4,6H,3H2,1H3,(H,12,13). The summed E-state index contributed by atoms with van der Waals surface area (Å²) in [5, 5.41) is 19.9. The molecule has 0 saturated heterocycles. The monoisotopic (exact) mass is 188 g/mol. The number of hydrogen-bond acceptors (Lipinski definition) is 5. The van der Waals surface area contributed by atoms with Crippen LogP contribution in [0.25, 0.3) is 0 Å². The third kappa shape index (κ3) is 2.11. The van der Waals surface area contributed by atoms with Crippen molar-refractivity contribution in [3.63, 3.8) is 0 Å². The molecular weight excluding hydrogens is 180 g/mol. The molecule has 1 rings (SSSR count). The van der Waals surface area contributed by atoms with Crippen LogP contribution in [0.3, 0.4) is 0 Å². The maximum atomic E-state index is 8.73. The molecule has 0 radical (unpaired) electrons. The maximum absolute atomic E-state index is 8.73. The number of nitriles is 2. The molecule has 14 heavy (non-hydrogen) atoms. The minimum atomic E-state index is 0.141. The molecule has 70 valence electrons. The van der Waals surface area contributed by atoms with E-state index in [9.17, 15) is 0 Å². The summed E-state index contributed by atoms with van der Waals surface area (Å²) < 4.78 is 4.89. The maximum Gasteiger partial charge on any atom is 0.215 e. The van der Waals surface area contributed by atoms with Gasteiger partial charge in [-0.1, -0.05) is 0 Å². The van der Waals surface area contributed by atoms with Crippen LogP contribution in [0.2, 0.25) is 0 Å². The van der Waals surface area contributed by atoms with Gasteiger partial charge in [-0.2, -0.15) is 10.5 Å². The Morgan fingerprint density at radius 1 is 1.57 bits per heavy atom. The Morgan fingerprint density at radius 3 is 2.93 bits per heavy atom. The summed E-state index contributed by atoms with van der Waals surface area (Å²) in [6, 6.07) is 5.47. The topological polar surface area (TPSA) is 81.7 Å². The third-order valence-electron chi connectivity index (χ3n) is 1.57. The fourth-order valence-corrected chi connectivity index (χ4v) is 0.918. The highest BCUT2D eigenvalue weighted by Crippen LogP contribution is 2.18. The van der Waals surface area contributed by atoms with E-state index in [4.69, 9.17) is 15.3 Å². The molecule has 0 atom stereocenters. The first-order chi connectivity index (χ1) is 6.81. The van der Waals surface area contributed by atoms with Gasteiger partial charge in [0.15, 0.2) is 0 Å². The molecule has 0 unspecified atom stereocenters. The summed E-state index contributed by atoms with van der Waals surface area (Å²) in [7, 11) is 1.49. The number of nitrogens with zero attached hydrogens (tertiary/aromatic N) is 3. The number of hydrogen-bond donors (Lipinski definition) is 1. The first-order valence-electron chi connectivity index (χ1n) is 3.86. The van der Waals surface area contributed by atoms with Gasteiger partial charge in [0.1, 0.15) is 12.6 Å². The summed E-state index contributed by atoms with van der Waals surface area (Å²) in [6.07, 6.45) is 1.40. The second-order valence-corrected chi connectivity index (χ2v) is 2.40. The molecule has 0 spiro atoms. The van der Waals surface area contributed by atoms with Crippen molar-refractivity contribution in [3.05, 3.63) is 17.8 Å². The number of methoxy groups -OCH3 is 1. The van der Waals surface area contributed by atoms with Crippen LogP contribution in [0.5, 0.6) is 5.88 Å². The van der Waals surface area contributed by atoms with Gasteiger partial charge < -0.3 is 10.1 Å². The largest absolute Gasteiger partial charge is 0.481 e. The molecule has 0 fully saturated rings. The van der Waals surface area contributed by atoms with Crippen LogP contribution < -0.4 is 10.1 Å². The van der Waals surface area contributed by atoms with Crippen LogP contribution >= 0.6 is 0 Å². The van der Waals surface area contributed by atoms with E-state index >= 15 is 0 Å². The molecular formula is C9H8N4O. The van der Waals surface area contributed by atoms with E-state index in [1.807, 2.05) is 12.1 Å². The van der Waals surface area contributed by atoms with Gasteiger partial charge in [-0.25, -0.2) is 4.98 Å². The Kier molecular flexibility index (Phi) is 3.28. The quantitative estimate of drug-likeness (QED) is 0.712. The molecule has 0 aromatic carbocycles. The number of aromatic nitrogens is 1. The number of pyridine rings is 1. The molecule has 1 N–H and O–H groups in total. The molecule has 0 bridgehead atoms. The fourth-order valence-electron chi connectivity index (χ4n) is 0.918. The zero-order valence-corrected chi connectivity index (χ0v) is 7.61. The molecule has 0 aliphatic rings. The van der Waals surface area contributed by atoms with Gasteiger partial charge in [0.05, 0.1) is 30.6 Å². The molecule has 1 heterocycles. The highest BCUT2D eigenvalue weighted by Gasteiger charge is 2.03. The van der Waals surface area contributed by atoms with Crippen LogP contribution in [-0.4, -0.2) is 18.6 Å². The van der Waals surface area contributed by atoms with Gasteiger partial charge in [0.2, 0.25) is 5.88 Å². The smallest absolute Gasteiger partial charge is 0.215 e. The summed E-state index contributed by atoms with van der Waals surface area (Å²) in [6.45, 7) is 0.141. The van der Waals surface area contributed by atoms with Crippen LogP contribution in [0, 0.1) is 22.7 Å². The molecule has 1 aromatic heterocycles. The van der Waals surface area contributed by atoms with E-state index in [0.29, 0.717) is 17.1 Å². The number of nitrogens with one attached hydrogen (secondary N) is 1. The van der Waals surface area contributed by atoms with Crippen molar-refractivity contribution in [1.29, 1.82) is 10.5 Å². The second-order valence-electron chi connectivity index (χ2n) is 2.40. The lowest BCUT2D eigenvalue weighted by Gasteiger charge is -2.05. The SMILES string of the molecule is COc1cc(NCC#N)c(C#N)cn1. The van der Waals surface area contributed by atoms with Crippen LogP contribution in [0.4, 0.5) is 5.69 Å². The molecule has 0 amide bonds. The number of rotatable bonds is 3. The first kappa shape index (κ1) is 9.82. The Bertz CT molecular complexity index is 402. The molecule has 1 aromatic rings. The highest BCUT2D eigenvalue weighted by atomic mass is 16.5. The van der Waals surface area contributed by atoms with E-state index in [2.05, 4.69) is 10.3 Å². The fraction of sp³-hybridized carbons (Fsp3) is 0.222. The average molecular weight is 188 g/mol. The van der Waals surface area contributed by atoms with Crippen LogP contribution in [0.1, 0.15) is 5.56 Å². The summed E-state index contributed by atoms with van der Waals surface area (Å²) in [5.74, 6) is 0.407. The van der Waals surface area contributed by atoms with Crippen molar-refractivity contribution in [1.82, 2.24) is 4.98 Å². The second kappa shape index (κ2) is 4.68. The van der Waals surface area contributed by atoms with E-state index in [1.54, 1.807) is 6.07 Å². The Balaban J connectivity index is 2.99. The van der Waals surface area contributed by atoms with E-state index in [0.717, 1.165) is 0 Å². The normalized spacial score (nSPS) is 8.50. The Morgan fingerprint density at radius 2 is 2.36 bits per heavy atom. The van der Waals surface area contributed by atoms with Gasteiger partial charge in [0, 0.05) is 6.07 Å². The van der Waals surface area contributed by atoms with Crippen molar-refractivity contribution < 1.29 is 4.74 Å². The molecule has 5 nitrogen and oxygen atoms in total. The van der Waals surface area contributed by atoms with E-state index in [1.165, 1.54) is 13.3 Å². The molecule has 0 aliphatic heterocycles. The van der Waals surface area contributed by atoms with Crippen molar-refractivity contribution in [2.24, 2.45) is 0 Å². The minimum Gasteiger partial charge on any atom is -0.481 e. The van der Waals surface area contributed by atoms with Crippen molar-refractivity contribution in [2.45, 2.75) is 0 Å². The van der Waals surface area contributed by atoms with E-state index < -0.39 is 0 Å². The molecule has 0 saturated carbocycles. The number of anilines is 1. The Hall–Kier alpha value is -2.27. The van der Waals surface area contributed by atoms with Crippen molar-refractivity contribution in [2.75, 3.05) is 19.0 Å². The predicted molar refractivity (Wildman–Crippen MR) is 49.6 cm³/mol. The van der Waals surface area contributed by atoms with Gasteiger partial charge in [-0.3, -0.25) is 0 Å². The lowest BCUT2D eigenvalue weighted by molar-refractivity contribution is 0.398. The predicted octanol–water partition coefficient (Wildman–Crippen LogP) is 0.897. The molecule has 0 aliphatic carbocycles. The zero-order chi connectivity index (χ0) is 10.4. The lowest BCUT2D eigenvalue weighted by atomic mass is 10.2.